The third-order valence-corrected chi connectivity index (χ3v) is 9.28. The third kappa shape index (κ3) is 13.3. The lowest BCUT2D eigenvalue weighted by Gasteiger charge is -2.33. The normalized spacial score (nSPS) is 16.4. The van der Waals surface area contributed by atoms with Gasteiger partial charge in [-0.05, 0) is 76.8 Å². The van der Waals surface area contributed by atoms with Gasteiger partial charge in [0, 0.05) is 49.1 Å². The number of unbranched alkanes of at least 4 members (excludes halogenated alkanes) is 4. The molecule has 2 atom stereocenters. The van der Waals surface area contributed by atoms with Gasteiger partial charge in [0.05, 0.1) is 14.2 Å². The number of carbonyl (C=O) groups is 2. The highest BCUT2D eigenvalue weighted by atomic mass is 16.5. The van der Waals surface area contributed by atoms with Crippen LogP contribution in [-0.2, 0) is 22.7 Å². The van der Waals surface area contributed by atoms with Crippen LogP contribution in [0.4, 0.5) is 0 Å². The van der Waals surface area contributed by atoms with Crippen LogP contribution in [0.2, 0.25) is 0 Å². The molecule has 0 aliphatic heterocycles. The van der Waals surface area contributed by atoms with Crippen LogP contribution in [0.25, 0.3) is 0 Å². The van der Waals surface area contributed by atoms with Crippen LogP contribution in [0.3, 0.4) is 0 Å². The molecular weight excluding hydrogens is 576 g/mol. The second-order valence-corrected chi connectivity index (χ2v) is 12.6. The number of benzene rings is 2. The zero-order chi connectivity index (χ0) is 33.0. The summed E-state index contributed by atoms with van der Waals surface area (Å²) in [6, 6.07) is 16.5. The van der Waals surface area contributed by atoms with E-state index in [4.69, 9.17) is 9.47 Å². The topological polar surface area (TPSA) is 83.1 Å². The SMILES string of the molecule is CCN(CCCCCC(=O)N[C@H]1CCCC[C@H]1NC(=O)CCCCCN(CC)Cc1ccccc1OC)Cc1ccccc1OC. The Hall–Kier alpha value is -3.10. The molecule has 0 unspecified atom stereocenters. The van der Waals surface area contributed by atoms with Crippen molar-refractivity contribution >= 4 is 11.8 Å². The molecule has 0 aromatic heterocycles. The number of amides is 2. The summed E-state index contributed by atoms with van der Waals surface area (Å²) in [5.41, 5.74) is 2.42. The number of nitrogens with one attached hydrogen (secondary N) is 2. The van der Waals surface area contributed by atoms with Gasteiger partial charge in [0.1, 0.15) is 11.5 Å². The van der Waals surface area contributed by atoms with Crippen molar-refractivity contribution < 1.29 is 19.1 Å². The molecule has 0 spiro atoms. The molecule has 1 aliphatic rings. The van der Waals surface area contributed by atoms with Gasteiger partial charge in [0.25, 0.3) is 0 Å². The van der Waals surface area contributed by atoms with Gasteiger partial charge in [-0.1, -0.05) is 75.9 Å². The van der Waals surface area contributed by atoms with Crippen LogP contribution in [0.1, 0.15) is 102 Å². The molecule has 2 N–H and O–H groups in total. The summed E-state index contributed by atoms with van der Waals surface area (Å²) in [5, 5.41) is 6.52. The quantitative estimate of drug-likeness (QED) is 0.140. The molecule has 8 heteroatoms. The van der Waals surface area contributed by atoms with E-state index in [1.54, 1.807) is 14.2 Å². The Morgan fingerprint density at radius 1 is 0.652 bits per heavy atom. The highest BCUT2D eigenvalue weighted by molar-refractivity contribution is 5.77. The molecule has 1 aliphatic carbocycles. The number of hydrogen-bond donors (Lipinski definition) is 2. The molecule has 0 heterocycles. The van der Waals surface area contributed by atoms with Gasteiger partial charge in [0.15, 0.2) is 0 Å². The van der Waals surface area contributed by atoms with Crippen LogP contribution < -0.4 is 20.1 Å². The van der Waals surface area contributed by atoms with E-state index in [1.165, 1.54) is 11.1 Å². The summed E-state index contributed by atoms with van der Waals surface area (Å²) in [5.74, 6) is 2.10. The highest BCUT2D eigenvalue weighted by Crippen LogP contribution is 2.22. The fourth-order valence-electron chi connectivity index (χ4n) is 6.48. The summed E-state index contributed by atoms with van der Waals surface area (Å²) < 4.78 is 11.0. The summed E-state index contributed by atoms with van der Waals surface area (Å²) in [4.78, 5) is 30.5. The van der Waals surface area contributed by atoms with Gasteiger partial charge >= 0.3 is 0 Å². The number of ether oxygens (including phenoxy) is 2. The first-order valence-electron chi connectivity index (χ1n) is 17.7. The highest BCUT2D eigenvalue weighted by Gasteiger charge is 2.27. The summed E-state index contributed by atoms with van der Waals surface area (Å²) in [7, 11) is 3.44. The van der Waals surface area contributed by atoms with E-state index in [0.717, 1.165) is 115 Å². The van der Waals surface area contributed by atoms with E-state index < -0.39 is 0 Å². The van der Waals surface area contributed by atoms with E-state index in [1.807, 2.05) is 24.3 Å². The predicted octanol–water partition coefficient (Wildman–Crippen LogP) is 6.71. The standard InChI is InChI=1S/C38H60N4O4/c1-5-41(29-31-19-11-15-23-35(31)45-3)27-17-7-9-25-37(43)39-33-21-13-14-22-34(33)40-38(44)26-10-8-18-28-42(6-2)30-32-20-12-16-24-36(32)46-4/h11-12,15-16,19-20,23-24,33-34H,5-10,13-14,17-18,21-22,25-30H2,1-4H3,(H,39,43)(H,40,44)/t33-,34+. The maximum atomic E-state index is 12.8. The van der Waals surface area contributed by atoms with E-state index in [0.29, 0.717) is 12.8 Å². The van der Waals surface area contributed by atoms with Crippen LogP contribution >= 0.6 is 0 Å². The minimum Gasteiger partial charge on any atom is -0.496 e. The molecule has 0 bridgehead atoms. The average Bonchev–Trinajstić information content (AvgIpc) is 3.08. The lowest BCUT2D eigenvalue weighted by Crippen LogP contribution is -2.53. The van der Waals surface area contributed by atoms with Gasteiger partial charge in [0.2, 0.25) is 11.8 Å². The maximum absolute atomic E-state index is 12.8. The number of hydrogen-bond acceptors (Lipinski definition) is 6. The molecule has 8 nitrogen and oxygen atoms in total. The van der Waals surface area contributed by atoms with Crippen LogP contribution in [0.5, 0.6) is 11.5 Å². The van der Waals surface area contributed by atoms with Crippen molar-refractivity contribution in [3.05, 3.63) is 59.7 Å². The molecule has 46 heavy (non-hydrogen) atoms. The Morgan fingerprint density at radius 2 is 1.07 bits per heavy atom. The smallest absolute Gasteiger partial charge is 0.220 e. The molecular formula is C38H60N4O4. The van der Waals surface area contributed by atoms with Crippen LogP contribution in [-0.4, -0.2) is 74.1 Å². The predicted molar refractivity (Wildman–Crippen MR) is 187 cm³/mol. The fraction of sp³-hybridized carbons (Fsp3) is 0.632. The Bertz CT molecular complexity index is 1070. The zero-order valence-corrected chi connectivity index (χ0v) is 29.0. The monoisotopic (exact) mass is 636 g/mol. The van der Waals surface area contributed by atoms with E-state index in [9.17, 15) is 9.59 Å². The van der Waals surface area contributed by atoms with E-state index in [-0.39, 0.29) is 23.9 Å². The van der Waals surface area contributed by atoms with Gasteiger partial charge in [-0.3, -0.25) is 19.4 Å². The molecule has 2 amide bonds. The first-order valence-corrected chi connectivity index (χ1v) is 17.7. The van der Waals surface area contributed by atoms with Crippen molar-refractivity contribution in [2.45, 2.75) is 116 Å². The summed E-state index contributed by atoms with van der Waals surface area (Å²) in [6.45, 7) is 10.1. The molecule has 2 aromatic carbocycles. The number of carbonyl (C=O) groups excluding carboxylic acids is 2. The number of rotatable bonds is 22. The zero-order valence-electron chi connectivity index (χ0n) is 29.0. The Morgan fingerprint density at radius 3 is 1.46 bits per heavy atom. The second-order valence-electron chi connectivity index (χ2n) is 12.6. The van der Waals surface area contributed by atoms with Crippen molar-refractivity contribution in [1.29, 1.82) is 0 Å². The minimum absolute atomic E-state index is 0.0368. The lowest BCUT2D eigenvalue weighted by molar-refractivity contribution is -0.125. The van der Waals surface area contributed by atoms with E-state index in [2.05, 4.69) is 58.5 Å². The third-order valence-electron chi connectivity index (χ3n) is 9.28. The van der Waals surface area contributed by atoms with Gasteiger partial charge in [-0.25, -0.2) is 0 Å². The largest absolute Gasteiger partial charge is 0.496 e. The fourth-order valence-corrected chi connectivity index (χ4v) is 6.48. The second kappa shape index (κ2) is 21.6. The van der Waals surface area contributed by atoms with Crippen LogP contribution in [0.15, 0.2) is 48.5 Å². The van der Waals surface area contributed by atoms with Crippen molar-refractivity contribution in [3.63, 3.8) is 0 Å². The Kier molecular flexibility index (Phi) is 17.6. The molecule has 1 fully saturated rings. The lowest BCUT2D eigenvalue weighted by atomic mass is 9.90. The van der Waals surface area contributed by atoms with Gasteiger partial charge in [-0.2, -0.15) is 0 Å². The van der Waals surface area contributed by atoms with Crippen molar-refractivity contribution in [2.75, 3.05) is 40.4 Å². The average molecular weight is 637 g/mol. The Labute approximate surface area is 278 Å². The first-order chi connectivity index (χ1) is 22.5. The van der Waals surface area contributed by atoms with Crippen LogP contribution in [0, 0.1) is 0 Å². The Balaban J connectivity index is 1.29. The maximum Gasteiger partial charge on any atom is 0.220 e. The number of nitrogens with zero attached hydrogens (tertiary/aromatic N) is 2. The minimum atomic E-state index is 0.0368. The van der Waals surface area contributed by atoms with Gasteiger partial charge < -0.3 is 20.1 Å². The van der Waals surface area contributed by atoms with Gasteiger partial charge in [-0.15, -0.1) is 0 Å². The number of methoxy groups -OCH3 is 2. The van der Waals surface area contributed by atoms with Crippen molar-refractivity contribution in [3.8, 4) is 11.5 Å². The van der Waals surface area contributed by atoms with Crippen molar-refractivity contribution in [1.82, 2.24) is 20.4 Å². The molecule has 1 saturated carbocycles. The summed E-state index contributed by atoms with van der Waals surface area (Å²) >= 11 is 0. The van der Waals surface area contributed by atoms with E-state index >= 15 is 0 Å². The number of para-hydroxylation sites is 2. The molecule has 0 radical (unpaired) electrons. The summed E-state index contributed by atoms with van der Waals surface area (Å²) in [6.07, 6.45) is 11.1. The molecule has 0 saturated heterocycles. The first kappa shape index (κ1) is 37.4. The van der Waals surface area contributed by atoms with Crippen molar-refractivity contribution in [2.24, 2.45) is 0 Å². The molecule has 256 valence electrons. The molecule has 2 aromatic rings. The molecule has 3 rings (SSSR count).